The number of nitrogens with zero attached hydrogens (tertiary/aromatic N) is 1. The number of sulfonamides is 1. The summed E-state index contributed by atoms with van der Waals surface area (Å²) in [7, 11) is -3.89. The first kappa shape index (κ1) is 17.4. The molecule has 0 spiro atoms. The van der Waals surface area contributed by atoms with Gasteiger partial charge in [-0.05, 0) is 44.4 Å². The average molecular weight is 340 g/mol. The van der Waals surface area contributed by atoms with Crippen LogP contribution in [-0.2, 0) is 14.8 Å². The fourth-order valence-electron chi connectivity index (χ4n) is 2.77. The van der Waals surface area contributed by atoms with E-state index in [0.29, 0.717) is 18.4 Å². The predicted molar refractivity (Wildman–Crippen MR) is 83.4 cm³/mol. The van der Waals surface area contributed by atoms with E-state index in [0.717, 1.165) is 0 Å². The molecule has 1 amide bonds. The van der Waals surface area contributed by atoms with Gasteiger partial charge in [0.1, 0.15) is 0 Å². The number of nitrogens with two attached hydrogens (primary N) is 1. The zero-order valence-corrected chi connectivity index (χ0v) is 13.8. The summed E-state index contributed by atoms with van der Waals surface area (Å²) < 4.78 is 26.9. The van der Waals surface area contributed by atoms with Gasteiger partial charge in [0.25, 0.3) is 0 Å². The Labute approximate surface area is 135 Å². The fourth-order valence-corrected chi connectivity index (χ4v) is 4.51. The van der Waals surface area contributed by atoms with Gasteiger partial charge in [-0.2, -0.15) is 4.31 Å². The van der Waals surface area contributed by atoms with Gasteiger partial charge in [0.15, 0.2) is 0 Å². The number of hydrogen-bond donors (Lipinski definition) is 2. The Balaban J connectivity index is 2.42. The molecule has 0 saturated carbocycles. The molecule has 1 saturated heterocycles. The highest BCUT2D eigenvalue weighted by atomic mass is 32.2. The van der Waals surface area contributed by atoms with E-state index in [2.05, 4.69) is 0 Å². The molecule has 8 heteroatoms. The molecule has 1 aromatic carbocycles. The van der Waals surface area contributed by atoms with Crippen LogP contribution in [0.1, 0.15) is 35.7 Å². The summed E-state index contributed by atoms with van der Waals surface area (Å²) in [6.07, 6.45) is 0.924. The summed E-state index contributed by atoms with van der Waals surface area (Å²) in [6.45, 7) is 3.35. The molecular weight excluding hydrogens is 320 g/mol. The Kier molecular flexibility index (Phi) is 4.76. The van der Waals surface area contributed by atoms with Gasteiger partial charge < -0.3 is 10.8 Å². The second kappa shape index (κ2) is 6.29. The number of primary amides is 1. The molecule has 2 atom stereocenters. The van der Waals surface area contributed by atoms with Crippen LogP contribution in [0.25, 0.3) is 0 Å². The number of rotatable bonds is 4. The summed E-state index contributed by atoms with van der Waals surface area (Å²) in [6, 6.07) is 3.89. The van der Waals surface area contributed by atoms with Crippen molar-refractivity contribution in [2.75, 3.05) is 6.54 Å². The molecule has 0 aromatic heterocycles. The number of aliphatic carboxylic acids is 1. The Bertz CT molecular complexity index is 744. The van der Waals surface area contributed by atoms with Gasteiger partial charge in [-0.1, -0.05) is 6.07 Å². The summed E-state index contributed by atoms with van der Waals surface area (Å²) in [5, 5.41) is 9.15. The van der Waals surface area contributed by atoms with Crippen LogP contribution in [0.15, 0.2) is 23.1 Å². The lowest BCUT2D eigenvalue weighted by atomic mass is 9.96. The van der Waals surface area contributed by atoms with Crippen molar-refractivity contribution in [3.63, 3.8) is 0 Å². The molecule has 1 aliphatic rings. The summed E-state index contributed by atoms with van der Waals surface area (Å²) in [4.78, 5) is 22.5. The largest absolute Gasteiger partial charge is 0.481 e. The second-order valence-electron chi connectivity index (χ2n) is 5.88. The van der Waals surface area contributed by atoms with Crippen molar-refractivity contribution in [1.29, 1.82) is 0 Å². The normalized spacial score (nSPS) is 22.7. The zero-order chi connectivity index (χ0) is 17.4. The van der Waals surface area contributed by atoms with E-state index in [4.69, 9.17) is 10.8 Å². The van der Waals surface area contributed by atoms with E-state index in [9.17, 15) is 18.0 Å². The Hall–Kier alpha value is -1.93. The van der Waals surface area contributed by atoms with Crippen LogP contribution in [0.2, 0.25) is 0 Å². The molecule has 1 aliphatic heterocycles. The molecule has 1 fully saturated rings. The third kappa shape index (κ3) is 3.37. The first-order valence-corrected chi connectivity index (χ1v) is 8.73. The van der Waals surface area contributed by atoms with Crippen LogP contribution in [0, 0.1) is 12.8 Å². The Morgan fingerprint density at radius 2 is 1.96 bits per heavy atom. The van der Waals surface area contributed by atoms with Crippen LogP contribution < -0.4 is 5.73 Å². The maximum atomic E-state index is 12.8. The molecule has 126 valence electrons. The van der Waals surface area contributed by atoms with E-state index >= 15 is 0 Å². The monoisotopic (exact) mass is 340 g/mol. The minimum absolute atomic E-state index is 0.0465. The molecule has 1 aromatic rings. The molecule has 3 N–H and O–H groups in total. The van der Waals surface area contributed by atoms with E-state index < -0.39 is 27.8 Å². The number of carboxylic acid groups (broad SMARTS) is 1. The van der Waals surface area contributed by atoms with E-state index in [1.807, 2.05) is 0 Å². The van der Waals surface area contributed by atoms with Crippen molar-refractivity contribution in [3.8, 4) is 0 Å². The van der Waals surface area contributed by atoms with Crippen molar-refractivity contribution >= 4 is 21.9 Å². The lowest BCUT2D eigenvalue weighted by Gasteiger charge is -2.35. The van der Waals surface area contributed by atoms with Crippen LogP contribution >= 0.6 is 0 Å². The lowest BCUT2D eigenvalue weighted by molar-refractivity contribution is -0.143. The van der Waals surface area contributed by atoms with E-state index in [-0.39, 0.29) is 23.0 Å². The number of benzene rings is 1. The first-order valence-electron chi connectivity index (χ1n) is 7.29. The number of carbonyl (C=O) groups is 2. The summed E-state index contributed by atoms with van der Waals surface area (Å²) in [5.41, 5.74) is 6.00. The number of piperidine rings is 1. The molecule has 2 unspecified atom stereocenters. The van der Waals surface area contributed by atoms with Gasteiger partial charge in [-0.25, -0.2) is 8.42 Å². The minimum atomic E-state index is -3.89. The molecule has 2 rings (SSSR count). The van der Waals surface area contributed by atoms with Crippen molar-refractivity contribution < 1.29 is 23.1 Å². The number of amides is 1. The standard InChI is InChI=1S/C15H20N2O5S/c1-9-3-6-12(7-13(9)14(16)18)23(21,22)17-8-11(15(19)20)5-4-10(17)2/h3,6-7,10-11H,4-5,8H2,1-2H3,(H2,16,18)(H,19,20). The van der Waals surface area contributed by atoms with Crippen molar-refractivity contribution in [2.24, 2.45) is 11.7 Å². The van der Waals surface area contributed by atoms with Gasteiger partial charge in [0, 0.05) is 18.2 Å². The Morgan fingerprint density at radius 3 is 2.52 bits per heavy atom. The van der Waals surface area contributed by atoms with Gasteiger partial charge >= 0.3 is 5.97 Å². The Morgan fingerprint density at radius 1 is 1.30 bits per heavy atom. The van der Waals surface area contributed by atoms with E-state index in [1.165, 1.54) is 22.5 Å². The number of carboxylic acids is 1. The fraction of sp³-hybridized carbons (Fsp3) is 0.467. The summed E-state index contributed by atoms with van der Waals surface area (Å²) >= 11 is 0. The van der Waals surface area contributed by atoms with Gasteiger partial charge in [0.05, 0.1) is 10.8 Å². The number of carbonyl (C=O) groups excluding carboxylic acids is 1. The van der Waals surface area contributed by atoms with Crippen molar-refractivity contribution in [2.45, 2.75) is 37.6 Å². The van der Waals surface area contributed by atoms with Crippen LogP contribution in [0.3, 0.4) is 0 Å². The molecule has 0 bridgehead atoms. The third-order valence-electron chi connectivity index (χ3n) is 4.26. The molecule has 1 heterocycles. The number of hydrogen-bond acceptors (Lipinski definition) is 4. The SMILES string of the molecule is Cc1ccc(S(=O)(=O)N2CC(C(=O)O)CCC2C)cc1C(N)=O. The van der Waals surface area contributed by atoms with Gasteiger partial charge in [-0.15, -0.1) is 0 Å². The smallest absolute Gasteiger partial charge is 0.307 e. The predicted octanol–water partition coefficient (Wildman–Crippen LogP) is 0.968. The quantitative estimate of drug-likeness (QED) is 0.846. The van der Waals surface area contributed by atoms with Crippen molar-refractivity contribution in [1.82, 2.24) is 4.31 Å². The maximum Gasteiger partial charge on any atom is 0.307 e. The first-order chi connectivity index (χ1) is 10.6. The summed E-state index contributed by atoms with van der Waals surface area (Å²) in [5.74, 6) is -2.42. The highest BCUT2D eigenvalue weighted by Gasteiger charge is 2.37. The van der Waals surface area contributed by atoms with Crippen LogP contribution in [-0.4, -0.2) is 42.3 Å². The molecular formula is C15H20N2O5S. The van der Waals surface area contributed by atoms with Gasteiger partial charge in [0.2, 0.25) is 15.9 Å². The van der Waals surface area contributed by atoms with Crippen molar-refractivity contribution in [3.05, 3.63) is 29.3 Å². The van der Waals surface area contributed by atoms with E-state index in [1.54, 1.807) is 13.8 Å². The lowest BCUT2D eigenvalue weighted by Crippen LogP contribution is -2.47. The second-order valence-corrected chi connectivity index (χ2v) is 7.77. The minimum Gasteiger partial charge on any atom is -0.481 e. The highest BCUT2D eigenvalue weighted by Crippen LogP contribution is 2.29. The molecule has 0 aliphatic carbocycles. The topological polar surface area (TPSA) is 118 Å². The van der Waals surface area contributed by atoms with Crippen LogP contribution in [0.4, 0.5) is 0 Å². The molecule has 7 nitrogen and oxygen atoms in total. The molecule has 23 heavy (non-hydrogen) atoms. The van der Waals surface area contributed by atoms with Crippen LogP contribution in [0.5, 0.6) is 0 Å². The maximum absolute atomic E-state index is 12.8. The average Bonchev–Trinajstić information content (AvgIpc) is 2.47. The van der Waals surface area contributed by atoms with Gasteiger partial charge in [-0.3, -0.25) is 9.59 Å². The zero-order valence-electron chi connectivity index (χ0n) is 13.0. The third-order valence-corrected chi connectivity index (χ3v) is 6.23. The number of aryl methyl sites for hydroxylation is 1. The highest BCUT2D eigenvalue weighted by molar-refractivity contribution is 7.89. The molecule has 0 radical (unpaired) electrons.